The predicted molar refractivity (Wildman–Crippen MR) is 98.2 cm³/mol. The number of hydrogen-bond donors (Lipinski definition) is 0. The number of ether oxygens (including phenoxy) is 3. The van der Waals surface area contributed by atoms with Crippen LogP contribution in [0.15, 0.2) is 24.3 Å². The molecule has 1 aromatic carbocycles. The lowest BCUT2D eigenvalue weighted by Gasteiger charge is -2.27. The first-order valence-electron chi connectivity index (χ1n) is 8.56. The number of methoxy groups -OCH3 is 1. The molecule has 150 valence electrons. The number of carbonyl (C=O) groups excluding carboxylic acids is 2. The molecule has 1 fully saturated rings. The van der Waals surface area contributed by atoms with E-state index in [9.17, 15) is 18.0 Å². The highest BCUT2D eigenvalue weighted by Crippen LogP contribution is 2.29. The van der Waals surface area contributed by atoms with Gasteiger partial charge in [0, 0.05) is 19.2 Å². The summed E-state index contributed by atoms with van der Waals surface area (Å²) in [4.78, 5) is 25.9. The molecule has 0 radical (unpaired) electrons. The molecule has 1 aromatic rings. The number of cyclic esters (lactones) is 1. The Bertz CT molecular complexity index is 790. The number of carbonyl (C=O) groups is 2. The summed E-state index contributed by atoms with van der Waals surface area (Å²) in [6.07, 6.45) is -0.443. The van der Waals surface area contributed by atoms with Crippen molar-refractivity contribution in [2.45, 2.75) is 37.7 Å². The fourth-order valence-electron chi connectivity index (χ4n) is 2.87. The molecule has 8 nitrogen and oxygen atoms in total. The second kappa shape index (κ2) is 8.16. The van der Waals surface area contributed by atoms with Crippen LogP contribution in [0.1, 0.15) is 25.8 Å². The van der Waals surface area contributed by atoms with Crippen LogP contribution < -0.4 is 4.74 Å². The standard InChI is InChI=1S/C18H25NO7S/c1-5-25-16(20)18(2,27(4,22)23)10-15-12-19(17(21)26-15)11-13-6-8-14(24-3)9-7-13/h6-9,15H,5,10-12H2,1-4H3/t15-,18+/m0/s1. The SMILES string of the molecule is CCOC(=O)[C@@](C)(C[C@H]1CN(Cc2ccc(OC)cc2)C(=O)O1)S(C)(=O)=O. The minimum absolute atomic E-state index is 0.0675. The summed E-state index contributed by atoms with van der Waals surface area (Å²) in [5.41, 5.74) is 0.879. The third-order valence-corrected chi connectivity index (χ3v) is 6.60. The molecule has 1 heterocycles. The van der Waals surface area contributed by atoms with Crippen LogP contribution in [0.2, 0.25) is 0 Å². The van der Waals surface area contributed by atoms with Crippen molar-refractivity contribution >= 4 is 21.9 Å². The van der Waals surface area contributed by atoms with E-state index in [0.717, 1.165) is 11.8 Å². The van der Waals surface area contributed by atoms with Gasteiger partial charge in [-0.3, -0.25) is 4.79 Å². The maximum Gasteiger partial charge on any atom is 0.410 e. The summed E-state index contributed by atoms with van der Waals surface area (Å²) in [5.74, 6) is -0.129. The zero-order chi connectivity index (χ0) is 20.2. The fraction of sp³-hybridized carbons (Fsp3) is 0.556. The summed E-state index contributed by atoms with van der Waals surface area (Å²) in [6, 6.07) is 7.24. The maximum atomic E-state index is 12.2. The molecule has 9 heteroatoms. The number of esters is 1. The van der Waals surface area contributed by atoms with Gasteiger partial charge in [-0.15, -0.1) is 0 Å². The smallest absolute Gasteiger partial charge is 0.410 e. The van der Waals surface area contributed by atoms with Crippen LogP contribution >= 0.6 is 0 Å². The molecular weight excluding hydrogens is 374 g/mol. The molecule has 1 amide bonds. The molecule has 2 atom stereocenters. The first-order chi connectivity index (χ1) is 12.6. The van der Waals surface area contributed by atoms with Crippen LogP contribution in [0.25, 0.3) is 0 Å². The lowest BCUT2D eigenvalue weighted by Crippen LogP contribution is -2.47. The van der Waals surface area contributed by atoms with Crippen molar-refractivity contribution in [1.82, 2.24) is 4.90 Å². The van der Waals surface area contributed by atoms with Crippen molar-refractivity contribution in [3.05, 3.63) is 29.8 Å². The van der Waals surface area contributed by atoms with Gasteiger partial charge in [0.2, 0.25) is 0 Å². The topological polar surface area (TPSA) is 99.2 Å². The van der Waals surface area contributed by atoms with Crippen molar-refractivity contribution in [1.29, 1.82) is 0 Å². The Morgan fingerprint density at radius 1 is 1.33 bits per heavy atom. The molecule has 0 spiro atoms. The average Bonchev–Trinajstić information content (AvgIpc) is 2.93. The minimum atomic E-state index is -3.77. The highest BCUT2D eigenvalue weighted by Gasteiger charge is 2.49. The molecule has 1 aliphatic heterocycles. The fourth-order valence-corrected chi connectivity index (χ4v) is 3.72. The quantitative estimate of drug-likeness (QED) is 0.614. The monoisotopic (exact) mass is 399 g/mol. The van der Waals surface area contributed by atoms with Gasteiger partial charge in [-0.1, -0.05) is 12.1 Å². The van der Waals surface area contributed by atoms with Gasteiger partial charge in [-0.05, 0) is 31.5 Å². The highest BCUT2D eigenvalue weighted by molar-refractivity contribution is 7.92. The van der Waals surface area contributed by atoms with E-state index in [1.807, 2.05) is 12.1 Å². The molecule has 2 rings (SSSR count). The van der Waals surface area contributed by atoms with Crippen molar-refractivity contribution in [2.24, 2.45) is 0 Å². The van der Waals surface area contributed by atoms with Crippen molar-refractivity contribution in [3.63, 3.8) is 0 Å². The number of sulfone groups is 1. The largest absolute Gasteiger partial charge is 0.497 e. The molecule has 1 aliphatic rings. The Hall–Kier alpha value is -2.29. The van der Waals surface area contributed by atoms with Crippen LogP contribution in [-0.2, 0) is 30.7 Å². The first-order valence-corrected chi connectivity index (χ1v) is 10.4. The molecule has 0 aromatic heterocycles. The van der Waals surface area contributed by atoms with Crippen LogP contribution in [0.3, 0.4) is 0 Å². The first kappa shape index (κ1) is 21.0. The van der Waals surface area contributed by atoms with Crippen LogP contribution in [0.5, 0.6) is 5.75 Å². The Labute approximate surface area is 159 Å². The normalized spacial score (nSPS) is 19.3. The average molecular weight is 399 g/mol. The second-order valence-electron chi connectivity index (χ2n) is 6.66. The minimum Gasteiger partial charge on any atom is -0.497 e. The lowest BCUT2D eigenvalue weighted by atomic mass is 10.0. The summed E-state index contributed by atoms with van der Waals surface area (Å²) in [6.45, 7) is 3.48. The van der Waals surface area contributed by atoms with E-state index in [1.165, 1.54) is 11.8 Å². The summed E-state index contributed by atoms with van der Waals surface area (Å²) in [5, 5.41) is 0. The zero-order valence-corrected chi connectivity index (χ0v) is 16.7. The molecule has 0 unspecified atom stereocenters. The van der Waals surface area contributed by atoms with Crippen molar-refractivity contribution < 1.29 is 32.2 Å². The second-order valence-corrected chi connectivity index (χ2v) is 9.11. The molecule has 0 aliphatic carbocycles. The molecular formula is C18H25NO7S. The Balaban J connectivity index is 2.09. The number of hydrogen-bond acceptors (Lipinski definition) is 7. The van der Waals surface area contributed by atoms with Gasteiger partial charge in [-0.25, -0.2) is 13.2 Å². The van der Waals surface area contributed by atoms with Gasteiger partial charge in [0.1, 0.15) is 11.9 Å². The summed E-state index contributed by atoms with van der Waals surface area (Å²) >= 11 is 0. The van der Waals surface area contributed by atoms with Gasteiger partial charge in [0.05, 0.1) is 20.3 Å². The zero-order valence-electron chi connectivity index (χ0n) is 15.9. The van der Waals surface area contributed by atoms with Gasteiger partial charge in [0.25, 0.3) is 0 Å². The summed E-state index contributed by atoms with van der Waals surface area (Å²) in [7, 11) is -2.20. The van der Waals surface area contributed by atoms with Crippen molar-refractivity contribution in [3.8, 4) is 5.75 Å². The number of rotatable bonds is 8. The van der Waals surface area contributed by atoms with Crippen LogP contribution in [0.4, 0.5) is 4.79 Å². The Kier molecular flexibility index (Phi) is 6.35. The number of benzene rings is 1. The van der Waals surface area contributed by atoms with E-state index < -0.39 is 32.8 Å². The van der Waals surface area contributed by atoms with E-state index in [4.69, 9.17) is 14.2 Å². The third kappa shape index (κ3) is 4.71. The number of amides is 1. The maximum absolute atomic E-state index is 12.2. The lowest BCUT2D eigenvalue weighted by molar-refractivity contribution is -0.146. The van der Waals surface area contributed by atoms with E-state index in [2.05, 4.69) is 0 Å². The van der Waals surface area contributed by atoms with Crippen molar-refractivity contribution in [2.75, 3.05) is 26.5 Å². The molecule has 0 N–H and O–H groups in total. The summed E-state index contributed by atoms with van der Waals surface area (Å²) < 4.78 is 38.0. The van der Waals surface area contributed by atoms with E-state index in [0.29, 0.717) is 12.3 Å². The van der Waals surface area contributed by atoms with Gasteiger partial charge in [-0.2, -0.15) is 0 Å². The molecule has 0 saturated carbocycles. The Morgan fingerprint density at radius 2 is 1.96 bits per heavy atom. The van der Waals surface area contributed by atoms with Gasteiger partial charge in [0.15, 0.2) is 14.6 Å². The van der Waals surface area contributed by atoms with E-state index >= 15 is 0 Å². The molecule has 27 heavy (non-hydrogen) atoms. The van der Waals surface area contributed by atoms with Gasteiger partial charge >= 0.3 is 12.1 Å². The molecule has 0 bridgehead atoms. The van der Waals surface area contributed by atoms with Crippen LogP contribution in [-0.4, -0.2) is 62.7 Å². The third-order valence-electron chi connectivity index (χ3n) is 4.62. The number of nitrogens with zero attached hydrogens (tertiary/aromatic N) is 1. The molecule has 1 saturated heterocycles. The predicted octanol–water partition coefficient (Wildman–Crippen LogP) is 1.77. The van der Waals surface area contributed by atoms with E-state index in [-0.39, 0.29) is 19.6 Å². The Morgan fingerprint density at radius 3 is 2.48 bits per heavy atom. The highest BCUT2D eigenvalue weighted by atomic mass is 32.2. The van der Waals surface area contributed by atoms with Crippen LogP contribution in [0, 0.1) is 0 Å². The van der Waals surface area contributed by atoms with Gasteiger partial charge < -0.3 is 19.1 Å². The van der Waals surface area contributed by atoms with E-state index in [1.54, 1.807) is 26.2 Å².